The third-order valence-electron chi connectivity index (χ3n) is 3.92. The summed E-state index contributed by atoms with van der Waals surface area (Å²) in [7, 11) is 0. The molecule has 0 fully saturated rings. The van der Waals surface area contributed by atoms with E-state index in [-0.39, 0.29) is 28.9 Å². The number of hydrogen-bond donors (Lipinski definition) is 2. The molecule has 8 nitrogen and oxygen atoms in total. The topological polar surface area (TPSA) is 102 Å². The molecule has 9 heteroatoms. The Morgan fingerprint density at radius 1 is 1.21 bits per heavy atom. The minimum atomic E-state index is -0.577. The van der Waals surface area contributed by atoms with Crippen LogP contribution >= 0.6 is 0 Å². The van der Waals surface area contributed by atoms with Gasteiger partial charge in [-0.1, -0.05) is 0 Å². The number of benzene rings is 1. The average Bonchev–Trinajstić information content (AvgIpc) is 3.31. The molecule has 146 valence electrons. The Kier molecular flexibility index (Phi) is 5.25. The van der Waals surface area contributed by atoms with E-state index < -0.39 is 17.6 Å². The summed E-state index contributed by atoms with van der Waals surface area (Å²) in [4.78, 5) is 29.0. The van der Waals surface area contributed by atoms with E-state index >= 15 is 0 Å². The molecule has 2 amide bonds. The van der Waals surface area contributed by atoms with Gasteiger partial charge in [-0.05, 0) is 45.0 Å². The van der Waals surface area contributed by atoms with Gasteiger partial charge < -0.3 is 15.1 Å². The third kappa shape index (κ3) is 4.25. The molecule has 0 radical (unpaired) electrons. The summed E-state index contributed by atoms with van der Waals surface area (Å²) >= 11 is 0. The number of rotatable bonds is 5. The molecule has 1 aromatic carbocycles. The highest BCUT2D eigenvalue weighted by molar-refractivity contribution is 6.08. The lowest BCUT2D eigenvalue weighted by atomic mass is 10.1. The molecule has 0 saturated heterocycles. The van der Waals surface area contributed by atoms with Crippen molar-refractivity contribution in [1.82, 2.24) is 20.1 Å². The minimum Gasteiger partial charge on any atom is -0.472 e. The fourth-order valence-electron chi connectivity index (χ4n) is 2.61. The number of nitrogens with zero attached hydrogens (tertiary/aromatic N) is 3. The average molecular weight is 385 g/mol. The molecule has 2 aromatic heterocycles. The van der Waals surface area contributed by atoms with E-state index in [2.05, 4.69) is 20.7 Å². The van der Waals surface area contributed by atoms with Crippen molar-refractivity contribution in [2.24, 2.45) is 0 Å². The minimum absolute atomic E-state index is 0.0565. The number of nitrogens with one attached hydrogen (secondary N) is 2. The van der Waals surface area contributed by atoms with Crippen LogP contribution in [0.5, 0.6) is 0 Å². The fraction of sp³-hybridized carbons (Fsp3) is 0.263. The van der Waals surface area contributed by atoms with Crippen molar-refractivity contribution in [3.63, 3.8) is 0 Å². The third-order valence-corrected chi connectivity index (χ3v) is 3.92. The Morgan fingerprint density at radius 3 is 2.68 bits per heavy atom. The molecule has 0 spiro atoms. The quantitative estimate of drug-likeness (QED) is 0.703. The summed E-state index contributed by atoms with van der Waals surface area (Å²) in [5.74, 6) is -0.995. The van der Waals surface area contributed by atoms with Crippen LogP contribution in [0.15, 0.2) is 47.5 Å². The Bertz CT molecular complexity index is 989. The molecular formula is C19H20FN5O3. The summed E-state index contributed by atoms with van der Waals surface area (Å²) in [6.45, 7) is 6.03. The standard InChI is InChI=1S/C19H20FN5O3/c1-19(2,3)25-16(22-11-23-25)9-21-18(27)14-5-4-13(20)8-15(14)24-17(26)12-6-7-28-10-12/h4-8,10-11H,9H2,1-3H3,(H,21,27)(H,24,26). The normalized spacial score (nSPS) is 11.3. The van der Waals surface area contributed by atoms with Gasteiger partial charge in [0, 0.05) is 0 Å². The highest BCUT2D eigenvalue weighted by Gasteiger charge is 2.20. The number of amides is 2. The summed E-state index contributed by atoms with van der Waals surface area (Å²) in [6.07, 6.45) is 4.02. The van der Waals surface area contributed by atoms with E-state index in [1.807, 2.05) is 20.8 Å². The second kappa shape index (κ2) is 7.63. The molecule has 28 heavy (non-hydrogen) atoms. The smallest absolute Gasteiger partial charge is 0.258 e. The van der Waals surface area contributed by atoms with Crippen molar-refractivity contribution in [3.8, 4) is 0 Å². The van der Waals surface area contributed by atoms with Crippen molar-refractivity contribution in [2.45, 2.75) is 32.9 Å². The van der Waals surface area contributed by atoms with Crippen molar-refractivity contribution in [2.75, 3.05) is 5.32 Å². The van der Waals surface area contributed by atoms with E-state index in [0.29, 0.717) is 5.82 Å². The molecular weight excluding hydrogens is 365 g/mol. The van der Waals surface area contributed by atoms with Crippen LogP contribution in [0.3, 0.4) is 0 Å². The van der Waals surface area contributed by atoms with Gasteiger partial charge in [0.15, 0.2) is 0 Å². The van der Waals surface area contributed by atoms with E-state index in [1.165, 1.54) is 31.0 Å². The monoisotopic (exact) mass is 385 g/mol. The molecule has 0 atom stereocenters. The number of carbonyl (C=O) groups is 2. The van der Waals surface area contributed by atoms with Gasteiger partial charge in [-0.3, -0.25) is 9.59 Å². The molecule has 2 N–H and O–H groups in total. The van der Waals surface area contributed by atoms with Crippen LogP contribution in [0.25, 0.3) is 0 Å². The second-order valence-electron chi connectivity index (χ2n) is 7.10. The molecule has 0 saturated carbocycles. The lowest BCUT2D eigenvalue weighted by molar-refractivity contribution is 0.0949. The molecule has 0 aliphatic rings. The zero-order valence-corrected chi connectivity index (χ0v) is 15.7. The SMILES string of the molecule is CC(C)(C)n1ncnc1CNC(=O)c1ccc(F)cc1NC(=O)c1ccoc1. The van der Waals surface area contributed by atoms with Gasteiger partial charge in [0.2, 0.25) is 0 Å². The van der Waals surface area contributed by atoms with Crippen molar-refractivity contribution in [1.29, 1.82) is 0 Å². The molecule has 0 aliphatic carbocycles. The number of halogens is 1. The van der Waals surface area contributed by atoms with E-state index in [0.717, 1.165) is 12.1 Å². The number of hydrogen-bond acceptors (Lipinski definition) is 5. The summed E-state index contributed by atoms with van der Waals surface area (Å²) in [5, 5.41) is 9.43. The zero-order valence-electron chi connectivity index (χ0n) is 15.7. The van der Waals surface area contributed by atoms with Crippen LogP contribution in [0.2, 0.25) is 0 Å². The number of anilines is 1. The van der Waals surface area contributed by atoms with E-state index in [9.17, 15) is 14.0 Å². The van der Waals surface area contributed by atoms with Gasteiger partial charge >= 0.3 is 0 Å². The van der Waals surface area contributed by atoms with Crippen molar-refractivity contribution < 1.29 is 18.4 Å². The van der Waals surface area contributed by atoms with Crippen LogP contribution in [-0.2, 0) is 12.1 Å². The lowest BCUT2D eigenvalue weighted by Crippen LogP contribution is -2.30. The Balaban J connectivity index is 1.77. The first kappa shape index (κ1) is 19.3. The maximum Gasteiger partial charge on any atom is 0.258 e. The predicted octanol–water partition coefficient (Wildman–Crippen LogP) is 2.95. The fourth-order valence-corrected chi connectivity index (χ4v) is 2.61. The highest BCUT2D eigenvalue weighted by Crippen LogP contribution is 2.19. The molecule has 3 rings (SSSR count). The largest absolute Gasteiger partial charge is 0.472 e. The van der Waals surface area contributed by atoms with Gasteiger partial charge in [-0.15, -0.1) is 0 Å². The van der Waals surface area contributed by atoms with Crippen LogP contribution < -0.4 is 10.6 Å². The Hall–Kier alpha value is -3.49. The van der Waals surface area contributed by atoms with Gasteiger partial charge in [-0.2, -0.15) is 5.10 Å². The number of aromatic nitrogens is 3. The Morgan fingerprint density at radius 2 is 2.00 bits per heavy atom. The van der Waals surface area contributed by atoms with Crippen molar-refractivity contribution >= 4 is 17.5 Å². The van der Waals surface area contributed by atoms with Gasteiger partial charge in [-0.25, -0.2) is 14.1 Å². The number of furan rings is 1. The zero-order chi connectivity index (χ0) is 20.3. The molecule has 3 aromatic rings. The van der Waals surface area contributed by atoms with Gasteiger partial charge in [0.1, 0.15) is 24.2 Å². The summed E-state index contributed by atoms with van der Waals surface area (Å²) in [6, 6.07) is 5.02. The number of carbonyl (C=O) groups excluding carboxylic acids is 2. The molecule has 0 aliphatic heterocycles. The highest BCUT2D eigenvalue weighted by atomic mass is 19.1. The van der Waals surface area contributed by atoms with Crippen LogP contribution in [0.1, 0.15) is 47.3 Å². The molecule has 2 heterocycles. The van der Waals surface area contributed by atoms with E-state index in [1.54, 1.807) is 4.68 Å². The first-order valence-electron chi connectivity index (χ1n) is 8.56. The van der Waals surface area contributed by atoms with Crippen LogP contribution in [-0.4, -0.2) is 26.6 Å². The first-order chi connectivity index (χ1) is 13.3. The van der Waals surface area contributed by atoms with Crippen molar-refractivity contribution in [3.05, 3.63) is 65.9 Å². The van der Waals surface area contributed by atoms with Crippen LogP contribution in [0.4, 0.5) is 10.1 Å². The molecule has 0 unspecified atom stereocenters. The lowest BCUT2D eigenvalue weighted by Gasteiger charge is -2.21. The summed E-state index contributed by atoms with van der Waals surface area (Å²) < 4.78 is 20.2. The van der Waals surface area contributed by atoms with Gasteiger partial charge in [0.05, 0.1) is 35.2 Å². The maximum atomic E-state index is 13.7. The molecule has 0 bridgehead atoms. The van der Waals surface area contributed by atoms with E-state index in [4.69, 9.17) is 4.42 Å². The summed E-state index contributed by atoms with van der Waals surface area (Å²) in [5.41, 5.74) is 0.144. The van der Waals surface area contributed by atoms with Crippen LogP contribution in [0, 0.1) is 5.82 Å². The maximum absolute atomic E-state index is 13.7. The Labute approximate surface area is 160 Å². The first-order valence-corrected chi connectivity index (χ1v) is 8.56. The second-order valence-corrected chi connectivity index (χ2v) is 7.10. The van der Waals surface area contributed by atoms with Gasteiger partial charge in [0.25, 0.3) is 11.8 Å². The predicted molar refractivity (Wildman–Crippen MR) is 99.2 cm³/mol.